The minimum atomic E-state index is -0.359. The van der Waals surface area contributed by atoms with Gasteiger partial charge in [-0.15, -0.1) is 11.3 Å². The van der Waals surface area contributed by atoms with Crippen LogP contribution in [0, 0.1) is 5.92 Å². The van der Waals surface area contributed by atoms with Crippen LogP contribution in [-0.2, 0) is 4.79 Å². The summed E-state index contributed by atoms with van der Waals surface area (Å²) in [7, 11) is 3.17. The highest BCUT2D eigenvalue weighted by molar-refractivity contribution is 7.23. The molecule has 0 bridgehead atoms. The van der Waals surface area contributed by atoms with Crippen LogP contribution >= 0.6 is 11.3 Å². The molecule has 3 aliphatic rings. The van der Waals surface area contributed by atoms with Gasteiger partial charge in [-0.1, -0.05) is 12.1 Å². The number of ether oxygens (including phenoxy) is 1. The smallest absolute Gasteiger partial charge is 0.319 e. The van der Waals surface area contributed by atoms with Gasteiger partial charge in [-0.05, 0) is 57.6 Å². The van der Waals surface area contributed by atoms with Crippen LogP contribution in [0.4, 0.5) is 9.80 Å². The quantitative estimate of drug-likeness (QED) is 0.597. The molecule has 2 N–H and O–H groups in total. The lowest BCUT2D eigenvalue weighted by Gasteiger charge is -2.43. The van der Waals surface area contributed by atoms with Crippen molar-refractivity contribution in [1.29, 1.82) is 0 Å². The summed E-state index contributed by atoms with van der Waals surface area (Å²) in [4.78, 5) is 45.6. The number of nitrogens with one attached hydrogen (secondary N) is 2. The van der Waals surface area contributed by atoms with Crippen molar-refractivity contribution in [1.82, 2.24) is 20.0 Å². The molecule has 0 spiro atoms. The molecule has 4 amide bonds. The van der Waals surface area contributed by atoms with E-state index in [9.17, 15) is 14.4 Å². The highest BCUT2D eigenvalue weighted by Crippen LogP contribution is 2.41. The molecule has 2 aromatic rings. The number of benzene rings is 1. The number of anilines is 1. The summed E-state index contributed by atoms with van der Waals surface area (Å²) in [6.07, 6.45) is 7.30. The first-order valence-corrected chi connectivity index (χ1v) is 14.7. The van der Waals surface area contributed by atoms with E-state index in [0.717, 1.165) is 74.8 Å². The second-order valence-corrected chi connectivity index (χ2v) is 11.6. The van der Waals surface area contributed by atoms with Crippen molar-refractivity contribution in [2.24, 2.45) is 5.92 Å². The van der Waals surface area contributed by atoms with Crippen LogP contribution in [0.15, 0.2) is 18.2 Å². The van der Waals surface area contributed by atoms with E-state index in [1.165, 1.54) is 17.8 Å². The number of hydrogen-bond acceptors (Lipinski definition) is 6. The third kappa shape index (κ3) is 5.47. The first-order chi connectivity index (χ1) is 18.5. The van der Waals surface area contributed by atoms with E-state index < -0.39 is 0 Å². The molecule has 3 saturated heterocycles. The number of rotatable bonds is 5. The molecule has 206 valence electrons. The van der Waals surface area contributed by atoms with Crippen LogP contribution in [0.2, 0.25) is 0 Å². The van der Waals surface area contributed by atoms with Crippen LogP contribution in [0.5, 0.6) is 5.75 Å². The van der Waals surface area contributed by atoms with Gasteiger partial charge in [0.05, 0.1) is 23.3 Å². The summed E-state index contributed by atoms with van der Waals surface area (Å²) >= 11 is 1.36. The summed E-state index contributed by atoms with van der Waals surface area (Å²) in [6.45, 7) is 5.00. The number of thiophene rings is 1. The van der Waals surface area contributed by atoms with Crippen LogP contribution in [0.25, 0.3) is 10.1 Å². The maximum Gasteiger partial charge on any atom is 0.319 e. The van der Waals surface area contributed by atoms with E-state index in [1.807, 2.05) is 23.1 Å². The van der Waals surface area contributed by atoms with Gasteiger partial charge in [-0.25, -0.2) is 4.79 Å². The molecule has 1 atom stereocenters. The van der Waals surface area contributed by atoms with Gasteiger partial charge in [0.15, 0.2) is 0 Å². The molecule has 4 heterocycles. The second kappa shape index (κ2) is 11.9. The number of nitrogens with zero attached hydrogens (tertiary/aromatic N) is 3. The summed E-state index contributed by atoms with van der Waals surface area (Å²) in [6, 6.07) is 5.68. The Labute approximate surface area is 228 Å². The number of piperidine rings is 3. The average molecular weight is 542 g/mol. The van der Waals surface area contributed by atoms with Gasteiger partial charge in [0.2, 0.25) is 5.91 Å². The largest absolute Gasteiger partial charge is 0.495 e. The number of carbonyl (C=O) groups is 3. The zero-order chi connectivity index (χ0) is 26.6. The SMILES string of the molecule is CNC(=O)Nc1sc2c(OC)cccc2c1C(=O)N1CCC(N2CCCC(C(=O)N3CCCCC3)C2)CC1. The highest BCUT2D eigenvalue weighted by atomic mass is 32.1. The van der Waals surface area contributed by atoms with Crippen LogP contribution in [0.1, 0.15) is 55.3 Å². The maximum atomic E-state index is 13.8. The number of amides is 4. The van der Waals surface area contributed by atoms with Crippen LogP contribution in [0.3, 0.4) is 0 Å². The number of likely N-dealkylation sites (tertiary alicyclic amines) is 3. The molecule has 3 aliphatic heterocycles. The third-order valence-corrected chi connectivity index (χ3v) is 9.44. The molecule has 38 heavy (non-hydrogen) atoms. The third-order valence-electron chi connectivity index (χ3n) is 8.31. The van der Waals surface area contributed by atoms with Crippen LogP contribution in [-0.4, -0.2) is 92.0 Å². The van der Waals surface area contributed by atoms with Gasteiger partial charge in [-0.2, -0.15) is 0 Å². The standard InChI is InChI=1S/C28H39N5O4S/c1-29-28(36)30-25-23(21-9-6-10-22(37-2)24(21)38-25)27(35)32-16-11-20(12-17-32)33-15-7-8-19(18-33)26(34)31-13-4-3-5-14-31/h6,9-10,19-20H,3-5,7-8,11-18H2,1-2H3,(H2,29,30,36). The maximum absolute atomic E-state index is 13.8. The van der Waals surface area contributed by atoms with Gasteiger partial charge >= 0.3 is 6.03 Å². The van der Waals surface area contributed by atoms with Crippen molar-refractivity contribution in [3.05, 3.63) is 23.8 Å². The fourth-order valence-corrected chi connectivity index (χ4v) is 7.40. The van der Waals surface area contributed by atoms with Crippen molar-refractivity contribution in [2.75, 3.05) is 58.7 Å². The van der Waals surface area contributed by atoms with Crippen molar-refractivity contribution in [2.45, 2.75) is 51.0 Å². The number of fused-ring (bicyclic) bond motifs is 1. The molecule has 3 fully saturated rings. The van der Waals surface area contributed by atoms with Crippen LogP contribution < -0.4 is 15.4 Å². The number of hydrogen-bond donors (Lipinski definition) is 2. The highest BCUT2D eigenvalue weighted by Gasteiger charge is 2.35. The van der Waals surface area contributed by atoms with Gasteiger partial charge in [0.1, 0.15) is 10.8 Å². The van der Waals surface area contributed by atoms with Gasteiger partial charge in [0, 0.05) is 51.2 Å². The number of methoxy groups -OCH3 is 1. The lowest BCUT2D eigenvalue weighted by molar-refractivity contribution is -0.138. The van der Waals surface area contributed by atoms with E-state index in [-0.39, 0.29) is 17.9 Å². The first kappa shape index (κ1) is 26.7. The minimum absolute atomic E-state index is 0.0637. The molecule has 9 nitrogen and oxygen atoms in total. The fraction of sp³-hybridized carbons (Fsp3) is 0.607. The predicted molar refractivity (Wildman–Crippen MR) is 150 cm³/mol. The predicted octanol–water partition coefficient (Wildman–Crippen LogP) is 3.99. The topological polar surface area (TPSA) is 94.2 Å². The Hall–Kier alpha value is -2.85. The van der Waals surface area contributed by atoms with Gasteiger partial charge < -0.3 is 19.9 Å². The Balaban J connectivity index is 1.26. The summed E-state index contributed by atoms with van der Waals surface area (Å²) in [5.74, 6) is 1.07. The lowest BCUT2D eigenvalue weighted by Crippen LogP contribution is -2.52. The minimum Gasteiger partial charge on any atom is -0.495 e. The zero-order valence-corrected chi connectivity index (χ0v) is 23.3. The Kier molecular flexibility index (Phi) is 8.38. The van der Waals surface area contributed by atoms with Crippen molar-refractivity contribution >= 4 is 44.3 Å². The summed E-state index contributed by atoms with van der Waals surface area (Å²) < 4.78 is 6.37. The van der Waals surface area contributed by atoms with Gasteiger partial charge in [0.25, 0.3) is 5.91 Å². The molecule has 0 aliphatic carbocycles. The molecule has 0 radical (unpaired) electrons. The van der Waals surface area contributed by atoms with Crippen molar-refractivity contribution in [3.8, 4) is 5.75 Å². The molecule has 1 aromatic heterocycles. The monoisotopic (exact) mass is 541 g/mol. The molecule has 1 unspecified atom stereocenters. The Morgan fingerprint density at radius 2 is 1.71 bits per heavy atom. The molecule has 10 heteroatoms. The number of urea groups is 1. The molecular weight excluding hydrogens is 502 g/mol. The van der Waals surface area contributed by atoms with E-state index in [1.54, 1.807) is 14.2 Å². The molecule has 0 saturated carbocycles. The zero-order valence-electron chi connectivity index (χ0n) is 22.5. The first-order valence-electron chi connectivity index (χ1n) is 13.9. The Bertz CT molecular complexity index is 1170. The molecule has 5 rings (SSSR count). The van der Waals surface area contributed by atoms with E-state index in [4.69, 9.17) is 4.74 Å². The Morgan fingerprint density at radius 1 is 0.947 bits per heavy atom. The Morgan fingerprint density at radius 3 is 2.42 bits per heavy atom. The normalized spacial score (nSPS) is 21.4. The van der Waals surface area contributed by atoms with E-state index in [0.29, 0.717) is 41.4 Å². The molecule has 1 aromatic carbocycles. The summed E-state index contributed by atoms with van der Waals surface area (Å²) in [5, 5.41) is 6.75. The summed E-state index contributed by atoms with van der Waals surface area (Å²) in [5.41, 5.74) is 0.524. The fourth-order valence-electron chi connectivity index (χ4n) is 6.22. The van der Waals surface area contributed by atoms with E-state index in [2.05, 4.69) is 20.4 Å². The lowest BCUT2D eigenvalue weighted by atomic mass is 9.92. The molecular formula is C28H39N5O4S. The van der Waals surface area contributed by atoms with Gasteiger partial charge in [-0.3, -0.25) is 19.8 Å². The van der Waals surface area contributed by atoms with Crippen molar-refractivity contribution in [3.63, 3.8) is 0 Å². The van der Waals surface area contributed by atoms with E-state index >= 15 is 0 Å². The average Bonchev–Trinajstić information content (AvgIpc) is 3.34. The number of carbonyl (C=O) groups excluding carboxylic acids is 3. The van der Waals surface area contributed by atoms with Crippen molar-refractivity contribution < 1.29 is 19.1 Å². The second-order valence-electron chi connectivity index (χ2n) is 10.6.